The molecule has 3 rings (SSSR count). The molecule has 0 fully saturated rings. The maximum Gasteiger partial charge on any atom is 0.130 e. The van der Waals surface area contributed by atoms with Crippen molar-refractivity contribution in [1.82, 2.24) is 4.98 Å². The van der Waals surface area contributed by atoms with E-state index in [1.807, 2.05) is 0 Å². The second-order valence-electron chi connectivity index (χ2n) is 5.14. The molecule has 0 aromatic carbocycles. The van der Waals surface area contributed by atoms with Crippen LogP contribution in [-0.2, 0) is 12.8 Å². The van der Waals surface area contributed by atoms with E-state index < -0.39 is 0 Å². The predicted molar refractivity (Wildman–Crippen MR) is 74.7 cm³/mol. The van der Waals surface area contributed by atoms with Gasteiger partial charge < -0.3 is 5.73 Å². The number of thiophene rings is 1. The lowest BCUT2D eigenvalue weighted by atomic mass is 9.83. The molecule has 0 aliphatic heterocycles. The summed E-state index contributed by atoms with van der Waals surface area (Å²) in [6.45, 7) is 4.34. The number of hydrogen-bond acceptors (Lipinski definition) is 4. The highest BCUT2D eigenvalue weighted by atomic mass is 32.1. The number of aryl methyl sites for hydroxylation is 1. The van der Waals surface area contributed by atoms with Crippen LogP contribution in [0.2, 0.25) is 0 Å². The number of pyridine rings is 1. The molecule has 2 aromatic heterocycles. The minimum Gasteiger partial charge on any atom is -0.396 e. The molecule has 3 nitrogen and oxygen atoms in total. The molecule has 18 heavy (non-hydrogen) atoms. The van der Waals surface area contributed by atoms with Crippen molar-refractivity contribution >= 4 is 27.2 Å². The molecule has 0 saturated heterocycles. The first-order chi connectivity index (χ1) is 8.61. The van der Waals surface area contributed by atoms with Crippen molar-refractivity contribution in [3.63, 3.8) is 0 Å². The first kappa shape index (κ1) is 11.5. The van der Waals surface area contributed by atoms with Gasteiger partial charge in [0.2, 0.25) is 0 Å². The molecule has 92 valence electrons. The smallest absolute Gasteiger partial charge is 0.130 e. The molecule has 2 heterocycles. The van der Waals surface area contributed by atoms with Crippen molar-refractivity contribution in [1.29, 1.82) is 5.26 Å². The van der Waals surface area contributed by atoms with Crippen LogP contribution in [0.15, 0.2) is 0 Å². The van der Waals surface area contributed by atoms with E-state index in [9.17, 15) is 0 Å². The third-order valence-electron chi connectivity index (χ3n) is 3.84. The van der Waals surface area contributed by atoms with Gasteiger partial charge in [-0.1, -0.05) is 6.92 Å². The first-order valence-corrected chi connectivity index (χ1v) is 7.04. The zero-order valence-electron chi connectivity index (χ0n) is 10.6. The number of nitrogen functional groups attached to an aromatic ring is 1. The van der Waals surface area contributed by atoms with Gasteiger partial charge in [0.05, 0.1) is 5.69 Å². The average molecular weight is 257 g/mol. The summed E-state index contributed by atoms with van der Waals surface area (Å²) in [4.78, 5) is 6.16. The fourth-order valence-electron chi connectivity index (χ4n) is 2.87. The summed E-state index contributed by atoms with van der Waals surface area (Å²) >= 11 is 1.41. The largest absolute Gasteiger partial charge is 0.396 e. The van der Waals surface area contributed by atoms with Gasteiger partial charge in [-0.2, -0.15) is 5.26 Å². The number of nitrogens with zero attached hydrogens (tertiary/aromatic N) is 2. The van der Waals surface area contributed by atoms with Crippen LogP contribution in [0.25, 0.3) is 10.2 Å². The highest BCUT2D eigenvalue weighted by Gasteiger charge is 2.23. The van der Waals surface area contributed by atoms with Gasteiger partial charge in [0.1, 0.15) is 15.8 Å². The van der Waals surface area contributed by atoms with Gasteiger partial charge in [-0.15, -0.1) is 11.3 Å². The molecule has 0 bridgehead atoms. The highest BCUT2D eigenvalue weighted by Crippen LogP contribution is 2.40. The molecule has 4 heteroatoms. The molecule has 2 aromatic rings. The maximum absolute atomic E-state index is 9.10. The van der Waals surface area contributed by atoms with Crippen LogP contribution in [0.4, 0.5) is 5.69 Å². The summed E-state index contributed by atoms with van der Waals surface area (Å²) in [7, 11) is 0. The Morgan fingerprint density at radius 3 is 2.94 bits per heavy atom. The summed E-state index contributed by atoms with van der Waals surface area (Å²) in [6.07, 6.45) is 3.36. The molecule has 1 aliphatic carbocycles. The zero-order valence-corrected chi connectivity index (χ0v) is 11.4. The van der Waals surface area contributed by atoms with E-state index in [4.69, 9.17) is 11.0 Å². The van der Waals surface area contributed by atoms with E-state index in [-0.39, 0.29) is 0 Å². The topological polar surface area (TPSA) is 62.7 Å². The lowest BCUT2D eigenvalue weighted by molar-refractivity contribution is 0.501. The van der Waals surface area contributed by atoms with Gasteiger partial charge >= 0.3 is 0 Å². The Morgan fingerprint density at radius 1 is 1.44 bits per heavy atom. The monoisotopic (exact) mass is 257 g/mol. The van der Waals surface area contributed by atoms with E-state index in [0.29, 0.717) is 16.5 Å². The van der Waals surface area contributed by atoms with Gasteiger partial charge in [0.15, 0.2) is 0 Å². The highest BCUT2D eigenvalue weighted by molar-refractivity contribution is 7.19. The van der Waals surface area contributed by atoms with E-state index in [2.05, 4.69) is 24.9 Å². The summed E-state index contributed by atoms with van der Waals surface area (Å²) in [5, 5.41) is 10.1. The minimum atomic E-state index is 0.600. The van der Waals surface area contributed by atoms with Crippen LogP contribution in [0.5, 0.6) is 0 Å². The quantitative estimate of drug-likeness (QED) is 0.788. The summed E-state index contributed by atoms with van der Waals surface area (Å²) in [6, 6.07) is 2.18. The van der Waals surface area contributed by atoms with Gasteiger partial charge in [-0.05, 0) is 43.2 Å². The Labute approximate surface area is 110 Å². The standard InChI is InChI=1S/C14H15N3S/c1-7-3-4-9-8(2)17-14-12(10(9)5-7)13(16)11(6-15)18-14/h7H,3-5,16H2,1-2H3. The number of rotatable bonds is 0. The number of hydrogen-bond donors (Lipinski definition) is 1. The molecular weight excluding hydrogens is 242 g/mol. The van der Waals surface area contributed by atoms with Crippen molar-refractivity contribution in [2.45, 2.75) is 33.1 Å². The zero-order chi connectivity index (χ0) is 12.9. The Bertz CT molecular complexity index is 679. The Hall–Kier alpha value is -1.60. The van der Waals surface area contributed by atoms with Crippen LogP contribution < -0.4 is 5.73 Å². The van der Waals surface area contributed by atoms with Gasteiger partial charge in [0.25, 0.3) is 0 Å². The van der Waals surface area contributed by atoms with E-state index in [0.717, 1.165) is 28.8 Å². The van der Waals surface area contributed by atoms with Crippen LogP contribution in [0.3, 0.4) is 0 Å². The number of fused-ring (bicyclic) bond motifs is 3. The van der Waals surface area contributed by atoms with Crippen LogP contribution in [-0.4, -0.2) is 4.98 Å². The third-order valence-corrected chi connectivity index (χ3v) is 4.84. The number of nitrogens with two attached hydrogens (primary N) is 1. The van der Waals surface area contributed by atoms with Gasteiger partial charge in [-0.3, -0.25) is 0 Å². The first-order valence-electron chi connectivity index (χ1n) is 6.22. The molecule has 0 saturated carbocycles. The lowest BCUT2D eigenvalue weighted by Crippen LogP contribution is -2.14. The molecule has 1 unspecified atom stereocenters. The normalized spacial score (nSPS) is 18.6. The summed E-state index contributed by atoms with van der Waals surface area (Å²) in [5.74, 6) is 0.687. The molecule has 1 atom stereocenters. The van der Waals surface area contributed by atoms with Crippen molar-refractivity contribution in [2.75, 3.05) is 5.73 Å². The SMILES string of the molecule is Cc1nc2sc(C#N)c(N)c2c2c1CCC(C)C2. The van der Waals surface area contributed by atoms with E-state index in [1.54, 1.807) is 0 Å². The number of anilines is 1. The number of nitriles is 1. The molecule has 0 amide bonds. The maximum atomic E-state index is 9.10. The van der Waals surface area contributed by atoms with Gasteiger partial charge in [0, 0.05) is 11.1 Å². The predicted octanol–water partition coefficient (Wildman–Crippen LogP) is 3.18. The minimum absolute atomic E-state index is 0.600. The lowest BCUT2D eigenvalue weighted by Gasteiger charge is -2.23. The van der Waals surface area contributed by atoms with Crippen molar-refractivity contribution in [3.8, 4) is 6.07 Å². The molecule has 0 radical (unpaired) electrons. The van der Waals surface area contributed by atoms with Crippen LogP contribution in [0, 0.1) is 24.2 Å². The Morgan fingerprint density at radius 2 is 2.22 bits per heavy atom. The Balaban J connectivity index is 2.39. The summed E-state index contributed by atoms with van der Waals surface area (Å²) < 4.78 is 0. The second kappa shape index (κ2) is 3.96. The number of aromatic nitrogens is 1. The van der Waals surface area contributed by atoms with Crippen molar-refractivity contribution in [3.05, 3.63) is 21.7 Å². The molecule has 0 spiro atoms. The van der Waals surface area contributed by atoms with Gasteiger partial charge in [-0.25, -0.2) is 4.98 Å². The van der Waals surface area contributed by atoms with Crippen LogP contribution >= 0.6 is 11.3 Å². The van der Waals surface area contributed by atoms with E-state index in [1.165, 1.54) is 28.9 Å². The average Bonchev–Trinajstić information content (AvgIpc) is 2.65. The Kier molecular flexibility index (Phi) is 2.53. The molecule has 1 aliphatic rings. The molecule has 2 N–H and O–H groups in total. The van der Waals surface area contributed by atoms with Crippen molar-refractivity contribution in [2.24, 2.45) is 5.92 Å². The summed E-state index contributed by atoms with van der Waals surface area (Å²) in [5.41, 5.74) is 10.6. The van der Waals surface area contributed by atoms with Crippen LogP contribution in [0.1, 0.15) is 35.0 Å². The fraction of sp³-hybridized carbons (Fsp3) is 0.429. The third kappa shape index (κ3) is 1.51. The van der Waals surface area contributed by atoms with Crippen molar-refractivity contribution < 1.29 is 0 Å². The van der Waals surface area contributed by atoms with E-state index >= 15 is 0 Å². The molecular formula is C14H15N3S. The second-order valence-corrected chi connectivity index (χ2v) is 6.14. The fourth-order valence-corrected chi connectivity index (χ4v) is 3.84.